The smallest absolute Gasteiger partial charge is 0.269 e. The van der Waals surface area contributed by atoms with Crippen LogP contribution in [0, 0.1) is 11.8 Å². The van der Waals surface area contributed by atoms with Crippen LogP contribution < -0.4 is 10.6 Å². The first-order valence-electron chi connectivity index (χ1n) is 6.97. The first-order chi connectivity index (χ1) is 8.99. The number of amides is 1. The maximum atomic E-state index is 11.8. The van der Waals surface area contributed by atoms with Gasteiger partial charge in [0.2, 0.25) is 0 Å². The van der Waals surface area contributed by atoms with E-state index in [0.29, 0.717) is 24.1 Å². The van der Waals surface area contributed by atoms with Gasteiger partial charge in [0.05, 0.1) is 11.9 Å². The van der Waals surface area contributed by atoms with Gasteiger partial charge in [0.25, 0.3) is 5.91 Å². The number of rotatable bonds is 7. The van der Waals surface area contributed by atoms with Crippen molar-refractivity contribution in [1.29, 1.82) is 0 Å². The van der Waals surface area contributed by atoms with Gasteiger partial charge < -0.3 is 10.6 Å². The zero-order chi connectivity index (χ0) is 14.3. The van der Waals surface area contributed by atoms with E-state index in [-0.39, 0.29) is 5.91 Å². The molecular weight excluding hydrogens is 238 g/mol. The van der Waals surface area contributed by atoms with E-state index in [1.807, 2.05) is 6.07 Å². The highest BCUT2D eigenvalue weighted by Gasteiger charge is 2.06. The van der Waals surface area contributed by atoms with Gasteiger partial charge in [0.1, 0.15) is 5.69 Å². The highest BCUT2D eigenvalue weighted by molar-refractivity contribution is 5.92. The monoisotopic (exact) mass is 263 g/mol. The summed E-state index contributed by atoms with van der Waals surface area (Å²) in [4.78, 5) is 16.0. The quantitative estimate of drug-likeness (QED) is 0.795. The lowest BCUT2D eigenvalue weighted by Gasteiger charge is -2.09. The molecule has 2 N–H and O–H groups in total. The van der Waals surface area contributed by atoms with Crippen molar-refractivity contribution in [3.8, 4) is 0 Å². The van der Waals surface area contributed by atoms with Crippen LogP contribution in [0.5, 0.6) is 0 Å². The average molecular weight is 263 g/mol. The highest BCUT2D eigenvalue weighted by Crippen LogP contribution is 2.07. The number of hydrogen-bond acceptors (Lipinski definition) is 3. The fourth-order valence-electron chi connectivity index (χ4n) is 1.52. The van der Waals surface area contributed by atoms with E-state index in [1.165, 1.54) is 0 Å². The van der Waals surface area contributed by atoms with Crippen molar-refractivity contribution in [3.63, 3.8) is 0 Å². The molecule has 19 heavy (non-hydrogen) atoms. The Balaban J connectivity index is 2.44. The van der Waals surface area contributed by atoms with E-state index in [2.05, 4.69) is 43.3 Å². The SMILES string of the molecule is CC(C)CCNC(=O)c1ccc(NCC(C)C)cn1. The van der Waals surface area contributed by atoms with Crippen LogP contribution in [0.1, 0.15) is 44.6 Å². The third kappa shape index (κ3) is 6.22. The fraction of sp³-hybridized carbons (Fsp3) is 0.600. The molecule has 4 nitrogen and oxygen atoms in total. The van der Waals surface area contributed by atoms with E-state index in [1.54, 1.807) is 12.3 Å². The van der Waals surface area contributed by atoms with Gasteiger partial charge in [-0.05, 0) is 30.4 Å². The number of hydrogen-bond donors (Lipinski definition) is 2. The summed E-state index contributed by atoms with van der Waals surface area (Å²) < 4.78 is 0. The first kappa shape index (κ1) is 15.5. The second kappa shape index (κ2) is 7.77. The topological polar surface area (TPSA) is 54.0 Å². The summed E-state index contributed by atoms with van der Waals surface area (Å²) in [6.45, 7) is 10.2. The molecule has 0 saturated carbocycles. The summed E-state index contributed by atoms with van der Waals surface area (Å²) in [5.41, 5.74) is 1.42. The van der Waals surface area contributed by atoms with Crippen LogP contribution >= 0.6 is 0 Å². The zero-order valence-electron chi connectivity index (χ0n) is 12.4. The molecule has 0 aromatic carbocycles. The third-order valence-corrected chi connectivity index (χ3v) is 2.72. The molecule has 0 spiro atoms. The second-order valence-electron chi connectivity index (χ2n) is 5.65. The van der Waals surface area contributed by atoms with Crippen LogP contribution in [0.25, 0.3) is 0 Å². The van der Waals surface area contributed by atoms with E-state index < -0.39 is 0 Å². The Morgan fingerprint density at radius 2 is 1.95 bits per heavy atom. The van der Waals surface area contributed by atoms with Crippen LogP contribution in [0.15, 0.2) is 18.3 Å². The summed E-state index contributed by atoms with van der Waals surface area (Å²) in [5, 5.41) is 6.15. The molecule has 1 aromatic heterocycles. The standard InChI is InChI=1S/C15H25N3O/c1-11(2)7-8-16-15(19)14-6-5-13(10-18-14)17-9-12(3)4/h5-6,10-12,17H,7-9H2,1-4H3,(H,16,19). The Labute approximate surface area is 116 Å². The van der Waals surface area contributed by atoms with Gasteiger partial charge in [0.15, 0.2) is 0 Å². The van der Waals surface area contributed by atoms with Crippen LogP contribution in [0.4, 0.5) is 5.69 Å². The lowest BCUT2D eigenvalue weighted by atomic mass is 10.1. The molecule has 0 radical (unpaired) electrons. The van der Waals surface area contributed by atoms with Crippen LogP contribution in [0.3, 0.4) is 0 Å². The van der Waals surface area contributed by atoms with Crippen LogP contribution in [0.2, 0.25) is 0 Å². The minimum Gasteiger partial charge on any atom is -0.384 e. The van der Waals surface area contributed by atoms with Crippen molar-refractivity contribution in [2.24, 2.45) is 11.8 Å². The third-order valence-electron chi connectivity index (χ3n) is 2.72. The predicted octanol–water partition coefficient (Wildman–Crippen LogP) is 2.93. The van der Waals surface area contributed by atoms with Gasteiger partial charge in [-0.2, -0.15) is 0 Å². The molecule has 1 aromatic rings. The van der Waals surface area contributed by atoms with Crippen molar-refractivity contribution in [1.82, 2.24) is 10.3 Å². The summed E-state index contributed by atoms with van der Waals surface area (Å²) in [6.07, 6.45) is 2.69. The van der Waals surface area contributed by atoms with E-state index >= 15 is 0 Å². The zero-order valence-corrected chi connectivity index (χ0v) is 12.4. The lowest BCUT2D eigenvalue weighted by molar-refractivity contribution is 0.0947. The van der Waals surface area contributed by atoms with Crippen LogP contribution in [-0.4, -0.2) is 24.0 Å². The number of aromatic nitrogens is 1. The largest absolute Gasteiger partial charge is 0.384 e. The highest BCUT2D eigenvalue weighted by atomic mass is 16.1. The van der Waals surface area contributed by atoms with Gasteiger partial charge in [-0.15, -0.1) is 0 Å². The summed E-state index contributed by atoms with van der Waals surface area (Å²) in [5.74, 6) is 1.07. The maximum absolute atomic E-state index is 11.8. The molecule has 0 aliphatic carbocycles. The Hall–Kier alpha value is -1.58. The summed E-state index contributed by atoms with van der Waals surface area (Å²) >= 11 is 0. The normalized spacial score (nSPS) is 10.8. The average Bonchev–Trinajstić information content (AvgIpc) is 2.36. The van der Waals surface area contributed by atoms with E-state index in [4.69, 9.17) is 0 Å². The van der Waals surface area contributed by atoms with Crippen molar-refractivity contribution < 1.29 is 4.79 Å². The fourth-order valence-corrected chi connectivity index (χ4v) is 1.52. The van der Waals surface area contributed by atoms with E-state index in [9.17, 15) is 4.79 Å². The molecule has 1 heterocycles. The van der Waals surface area contributed by atoms with Crippen molar-refractivity contribution >= 4 is 11.6 Å². The number of carbonyl (C=O) groups excluding carboxylic acids is 1. The Morgan fingerprint density at radius 3 is 2.47 bits per heavy atom. The Kier molecular flexibility index (Phi) is 6.33. The lowest BCUT2D eigenvalue weighted by Crippen LogP contribution is -2.26. The van der Waals surface area contributed by atoms with E-state index in [0.717, 1.165) is 18.7 Å². The second-order valence-corrected chi connectivity index (χ2v) is 5.65. The van der Waals surface area contributed by atoms with Gasteiger partial charge >= 0.3 is 0 Å². The molecule has 0 aliphatic heterocycles. The molecule has 0 saturated heterocycles. The molecule has 0 fully saturated rings. The van der Waals surface area contributed by atoms with Crippen LogP contribution in [-0.2, 0) is 0 Å². The van der Waals surface area contributed by atoms with Gasteiger partial charge in [-0.25, -0.2) is 4.98 Å². The van der Waals surface area contributed by atoms with Gasteiger partial charge in [-0.3, -0.25) is 4.79 Å². The number of anilines is 1. The summed E-state index contributed by atoms with van der Waals surface area (Å²) in [6, 6.07) is 3.65. The van der Waals surface area contributed by atoms with Gasteiger partial charge in [0, 0.05) is 13.1 Å². The minimum atomic E-state index is -0.101. The molecule has 4 heteroatoms. The molecule has 1 rings (SSSR count). The molecule has 1 amide bonds. The van der Waals surface area contributed by atoms with Crippen molar-refractivity contribution in [2.75, 3.05) is 18.4 Å². The maximum Gasteiger partial charge on any atom is 0.269 e. The molecule has 0 bridgehead atoms. The van der Waals surface area contributed by atoms with Gasteiger partial charge in [-0.1, -0.05) is 27.7 Å². The van der Waals surface area contributed by atoms with Crippen molar-refractivity contribution in [2.45, 2.75) is 34.1 Å². The molecule has 106 valence electrons. The Morgan fingerprint density at radius 1 is 1.21 bits per heavy atom. The molecular formula is C15H25N3O. The molecule has 0 unspecified atom stereocenters. The number of nitrogens with zero attached hydrogens (tertiary/aromatic N) is 1. The first-order valence-corrected chi connectivity index (χ1v) is 6.97. The minimum absolute atomic E-state index is 0.101. The van der Waals surface area contributed by atoms with Crippen molar-refractivity contribution in [3.05, 3.63) is 24.0 Å². The molecule has 0 atom stereocenters. The number of carbonyl (C=O) groups is 1. The number of pyridine rings is 1. The predicted molar refractivity (Wildman–Crippen MR) is 79.4 cm³/mol. The Bertz CT molecular complexity index is 385. The summed E-state index contributed by atoms with van der Waals surface area (Å²) in [7, 11) is 0. The molecule has 0 aliphatic rings. The number of nitrogens with one attached hydrogen (secondary N) is 2.